The van der Waals surface area contributed by atoms with Crippen LogP contribution in [-0.2, 0) is 14.4 Å². The molecule has 0 aromatic heterocycles. The smallest absolute Gasteiger partial charge is 0.311 e. The molecule has 0 spiro atoms. The lowest BCUT2D eigenvalue weighted by atomic mass is 10.1. The number of Topliss-reactive ketones (excluding diaryl/α,β-unsaturated/α-hetero) is 2. The quantitative estimate of drug-likeness (QED) is 0.445. The summed E-state index contributed by atoms with van der Waals surface area (Å²) in [6, 6.07) is 0. The van der Waals surface area contributed by atoms with Gasteiger partial charge in [-0.05, 0) is 0 Å². The van der Waals surface area contributed by atoms with Crippen LogP contribution in [0.1, 0.15) is 19.8 Å². The van der Waals surface area contributed by atoms with Crippen molar-refractivity contribution in [2.75, 3.05) is 0 Å². The zero-order chi connectivity index (χ0) is 8.15. The Labute approximate surface area is 57.8 Å². The molecule has 56 valence electrons. The van der Waals surface area contributed by atoms with Crippen molar-refractivity contribution in [3.05, 3.63) is 0 Å². The average molecular weight is 144 g/mol. The molecule has 1 N–H and O–H groups in total. The molecule has 4 nitrogen and oxygen atoms in total. The van der Waals surface area contributed by atoms with Gasteiger partial charge in [-0.3, -0.25) is 14.4 Å². The summed E-state index contributed by atoms with van der Waals surface area (Å²) in [7, 11) is 0. The monoisotopic (exact) mass is 144 g/mol. The van der Waals surface area contributed by atoms with Crippen LogP contribution in [0, 0.1) is 0 Å². The van der Waals surface area contributed by atoms with Crippen LogP contribution >= 0.6 is 0 Å². The van der Waals surface area contributed by atoms with Crippen molar-refractivity contribution in [2.45, 2.75) is 19.8 Å². The Kier molecular flexibility index (Phi) is 3.32. The predicted octanol–water partition coefficient (Wildman–Crippen LogP) is 0.00930. The van der Waals surface area contributed by atoms with Crippen LogP contribution in [-0.4, -0.2) is 22.6 Å². The van der Waals surface area contributed by atoms with Gasteiger partial charge in [0.15, 0.2) is 5.78 Å². The molecule has 0 heterocycles. The number of carboxylic acid groups (broad SMARTS) is 1. The van der Waals surface area contributed by atoms with Gasteiger partial charge in [0.1, 0.15) is 6.42 Å². The number of hydrogen-bond acceptors (Lipinski definition) is 3. The van der Waals surface area contributed by atoms with Crippen LogP contribution in [0.5, 0.6) is 0 Å². The summed E-state index contributed by atoms with van der Waals surface area (Å²) in [6.45, 7) is 1.52. The van der Waals surface area contributed by atoms with E-state index in [0.29, 0.717) is 0 Å². The molecular weight excluding hydrogens is 136 g/mol. The molecule has 0 aliphatic carbocycles. The fourth-order valence-electron chi connectivity index (χ4n) is 0.433. The molecule has 0 bridgehead atoms. The standard InChI is InChI=1S/C6H8O4/c1-2-4(7)5(8)3-6(9)10/h2-3H2,1H3,(H,9,10). The Morgan fingerprint density at radius 2 is 1.70 bits per heavy atom. The second-order valence-electron chi connectivity index (χ2n) is 1.77. The molecule has 0 aliphatic heterocycles. The lowest BCUT2D eigenvalue weighted by Gasteiger charge is -1.90. The SMILES string of the molecule is CCC(=O)C(=O)CC(=O)O. The maximum absolute atomic E-state index is 10.5. The lowest BCUT2D eigenvalue weighted by molar-refractivity contribution is -0.144. The van der Waals surface area contributed by atoms with Crippen LogP contribution in [0.4, 0.5) is 0 Å². The van der Waals surface area contributed by atoms with Crippen LogP contribution in [0.3, 0.4) is 0 Å². The number of rotatable bonds is 4. The molecule has 0 unspecified atom stereocenters. The highest BCUT2D eigenvalue weighted by atomic mass is 16.4. The zero-order valence-electron chi connectivity index (χ0n) is 5.59. The number of hydrogen-bond donors (Lipinski definition) is 1. The molecule has 0 fully saturated rings. The van der Waals surface area contributed by atoms with Gasteiger partial charge in [-0.25, -0.2) is 0 Å². The minimum Gasteiger partial charge on any atom is -0.481 e. The third-order valence-electron chi connectivity index (χ3n) is 0.944. The fourth-order valence-corrected chi connectivity index (χ4v) is 0.433. The van der Waals surface area contributed by atoms with Crippen molar-refractivity contribution in [3.8, 4) is 0 Å². The van der Waals surface area contributed by atoms with E-state index in [4.69, 9.17) is 5.11 Å². The van der Waals surface area contributed by atoms with Crippen LogP contribution < -0.4 is 0 Å². The molecule has 10 heavy (non-hydrogen) atoms. The van der Waals surface area contributed by atoms with Crippen LogP contribution in [0.25, 0.3) is 0 Å². The number of carbonyl (C=O) groups excluding carboxylic acids is 2. The first-order valence-electron chi connectivity index (χ1n) is 2.85. The van der Waals surface area contributed by atoms with Crippen molar-refractivity contribution in [1.29, 1.82) is 0 Å². The van der Waals surface area contributed by atoms with E-state index in [9.17, 15) is 14.4 Å². The maximum Gasteiger partial charge on any atom is 0.311 e. The van der Waals surface area contributed by atoms with Crippen molar-refractivity contribution >= 4 is 17.5 Å². The van der Waals surface area contributed by atoms with Gasteiger partial charge in [0.25, 0.3) is 0 Å². The van der Waals surface area contributed by atoms with Crippen LogP contribution in [0.15, 0.2) is 0 Å². The number of ketones is 2. The van der Waals surface area contributed by atoms with E-state index in [0.717, 1.165) is 0 Å². The minimum absolute atomic E-state index is 0.0755. The summed E-state index contributed by atoms with van der Waals surface area (Å²) in [5.74, 6) is -2.70. The van der Waals surface area contributed by atoms with Crippen molar-refractivity contribution in [2.24, 2.45) is 0 Å². The van der Waals surface area contributed by atoms with E-state index in [2.05, 4.69) is 0 Å². The van der Waals surface area contributed by atoms with Gasteiger partial charge in [-0.15, -0.1) is 0 Å². The molecule has 0 atom stereocenters. The third-order valence-corrected chi connectivity index (χ3v) is 0.944. The van der Waals surface area contributed by atoms with Crippen molar-refractivity contribution < 1.29 is 19.5 Å². The Morgan fingerprint density at radius 1 is 1.20 bits per heavy atom. The highest BCUT2D eigenvalue weighted by Gasteiger charge is 2.14. The van der Waals surface area contributed by atoms with Gasteiger partial charge in [0, 0.05) is 6.42 Å². The Hall–Kier alpha value is -1.19. The van der Waals surface area contributed by atoms with Gasteiger partial charge >= 0.3 is 5.97 Å². The third kappa shape index (κ3) is 2.96. The highest BCUT2D eigenvalue weighted by Crippen LogP contribution is 1.88. The second-order valence-corrected chi connectivity index (χ2v) is 1.77. The number of carbonyl (C=O) groups is 3. The summed E-state index contributed by atoms with van der Waals surface area (Å²) in [5.41, 5.74) is 0. The second kappa shape index (κ2) is 3.76. The summed E-state index contributed by atoms with van der Waals surface area (Å²) in [5, 5.41) is 8.06. The first kappa shape index (κ1) is 8.81. The zero-order valence-corrected chi connectivity index (χ0v) is 5.59. The molecule has 0 rings (SSSR count). The summed E-state index contributed by atoms with van der Waals surface area (Å²) in [6.07, 6.45) is -0.612. The van der Waals surface area contributed by atoms with Crippen molar-refractivity contribution in [3.63, 3.8) is 0 Å². The lowest BCUT2D eigenvalue weighted by Crippen LogP contribution is -2.16. The predicted molar refractivity (Wildman–Crippen MR) is 32.6 cm³/mol. The molecule has 4 heteroatoms. The minimum atomic E-state index is -1.26. The Balaban J connectivity index is 3.86. The Morgan fingerprint density at radius 3 is 2.00 bits per heavy atom. The first-order chi connectivity index (χ1) is 4.57. The molecule has 0 radical (unpaired) electrons. The molecule has 0 aromatic carbocycles. The molecule has 0 saturated carbocycles. The van der Waals surface area contributed by atoms with E-state index in [1.54, 1.807) is 0 Å². The van der Waals surface area contributed by atoms with E-state index < -0.39 is 24.0 Å². The van der Waals surface area contributed by atoms with E-state index in [1.807, 2.05) is 0 Å². The molecule has 0 amide bonds. The van der Waals surface area contributed by atoms with E-state index in [1.165, 1.54) is 6.92 Å². The summed E-state index contributed by atoms with van der Waals surface area (Å²) < 4.78 is 0. The van der Waals surface area contributed by atoms with Gasteiger partial charge in [-0.2, -0.15) is 0 Å². The Bertz CT molecular complexity index is 171. The first-order valence-corrected chi connectivity index (χ1v) is 2.85. The highest BCUT2D eigenvalue weighted by molar-refractivity contribution is 6.39. The maximum atomic E-state index is 10.5. The topological polar surface area (TPSA) is 71.4 Å². The van der Waals surface area contributed by atoms with Gasteiger partial charge in [0.2, 0.25) is 5.78 Å². The van der Waals surface area contributed by atoms with E-state index >= 15 is 0 Å². The van der Waals surface area contributed by atoms with Gasteiger partial charge in [-0.1, -0.05) is 6.92 Å². The molecule has 0 aliphatic rings. The van der Waals surface area contributed by atoms with Gasteiger partial charge < -0.3 is 5.11 Å². The fraction of sp³-hybridized carbons (Fsp3) is 0.500. The summed E-state index contributed by atoms with van der Waals surface area (Å²) >= 11 is 0. The van der Waals surface area contributed by atoms with Crippen molar-refractivity contribution in [1.82, 2.24) is 0 Å². The molecule has 0 aromatic rings. The summed E-state index contributed by atoms with van der Waals surface area (Å²) in [4.78, 5) is 30.7. The normalized spacial score (nSPS) is 8.90. The molecule has 0 saturated heterocycles. The number of carboxylic acids is 1. The van der Waals surface area contributed by atoms with Crippen LogP contribution in [0.2, 0.25) is 0 Å². The molecular formula is C6H8O4. The van der Waals surface area contributed by atoms with Gasteiger partial charge in [0.05, 0.1) is 0 Å². The van der Waals surface area contributed by atoms with E-state index in [-0.39, 0.29) is 6.42 Å². The largest absolute Gasteiger partial charge is 0.481 e. The average Bonchev–Trinajstić information content (AvgIpc) is 1.85. The number of aliphatic carboxylic acids is 1.